The fourth-order valence-electron chi connectivity index (χ4n) is 3.63. The van der Waals surface area contributed by atoms with E-state index in [2.05, 4.69) is 15.5 Å². The van der Waals surface area contributed by atoms with Gasteiger partial charge < -0.3 is 5.32 Å². The first-order valence-electron chi connectivity index (χ1n) is 10.3. The molecule has 11 heteroatoms. The molecular weight excluding hydrogens is 479 g/mol. The summed E-state index contributed by atoms with van der Waals surface area (Å²) in [6.07, 6.45) is 1.62. The third kappa shape index (κ3) is 4.95. The number of carbonyl (C=O) groups excluding carboxylic acids is 1. The standard InChI is InChI=1S/C23H20Cl2N6O3/c1-14-21(31(33)34)15(2)30(27-14)11-16-6-5-8-17(10-16)23(32)26-22-20(25)13-29(28-22)12-18-7-3-4-9-19(18)24/h3-10,13H,11-12H2,1-2H3,(H,26,28,32). The third-order valence-corrected chi connectivity index (χ3v) is 5.93. The summed E-state index contributed by atoms with van der Waals surface area (Å²) < 4.78 is 3.16. The lowest BCUT2D eigenvalue weighted by Gasteiger charge is -2.07. The lowest BCUT2D eigenvalue weighted by atomic mass is 10.1. The van der Waals surface area contributed by atoms with E-state index in [9.17, 15) is 14.9 Å². The second-order valence-corrected chi connectivity index (χ2v) is 8.52. The molecule has 4 rings (SSSR count). The first kappa shape index (κ1) is 23.5. The molecule has 0 radical (unpaired) electrons. The molecule has 1 amide bonds. The highest BCUT2D eigenvalue weighted by Crippen LogP contribution is 2.24. The van der Waals surface area contributed by atoms with Crippen molar-refractivity contribution in [2.75, 3.05) is 5.32 Å². The van der Waals surface area contributed by atoms with E-state index in [0.717, 1.165) is 11.1 Å². The zero-order valence-corrected chi connectivity index (χ0v) is 19.8. The Morgan fingerprint density at radius 2 is 1.82 bits per heavy atom. The molecule has 0 aliphatic rings. The molecular formula is C23H20Cl2N6O3. The van der Waals surface area contributed by atoms with Crippen molar-refractivity contribution in [3.8, 4) is 0 Å². The average Bonchev–Trinajstić information content (AvgIpc) is 3.27. The van der Waals surface area contributed by atoms with Gasteiger partial charge in [-0.15, -0.1) is 0 Å². The van der Waals surface area contributed by atoms with Gasteiger partial charge in [0.15, 0.2) is 5.82 Å². The maximum absolute atomic E-state index is 12.9. The second-order valence-electron chi connectivity index (χ2n) is 7.70. The van der Waals surface area contributed by atoms with E-state index in [4.69, 9.17) is 23.2 Å². The van der Waals surface area contributed by atoms with E-state index in [1.54, 1.807) is 53.7 Å². The summed E-state index contributed by atoms with van der Waals surface area (Å²) in [7, 11) is 0. The zero-order chi connectivity index (χ0) is 24.4. The van der Waals surface area contributed by atoms with Gasteiger partial charge in [-0.25, -0.2) is 0 Å². The number of rotatable bonds is 7. The Kier molecular flexibility index (Phi) is 6.67. The number of nitrogens with one attached hydrogen (secondary N) is 1. The summed E-state index contributed by atoms with van der Waals surface area (Å²) in [6.45, 7) is 3.93. The number of aryl methyl sites for hydroxylation is 1. The number of hydrogen-bond acceptors (Lipinski definition) is 5. The maximum atomic E-state index is 12.9. The number of halogens is 2. The van der Waals surface area contributed by atoms with Crippen LogP contribution in [0.25, 0.3) is 0 Å². The lowest BCUT2D eigenvalue weighted by Crippen LogP contribution is -2.14. The van der Waals surface area contributed by atoms with Gasteiger partial charge in [-0.2, -0.15) is 10.2 Å². The van der Waals surface area contributed by atoms with Crippen molar-refractivity contribution in [3.05, 3.63) is 103 Å². The molecule has 34 heavy (non-hydrogen) atoms. The van der Waals surface area contributed by atoms with Crippen LogP contribution in [0.5, 0.6) is 0 Å². The summed E-state index contributed by atoms with van der Waals surface area (Å²) in [5.41, 5.74) is 2.83. The predicted molar refractivity (Wildman–Crippen MR) is 130 cm³/mol. The molecule has 0 aliphatic heterocycles. The van der Waals surface area contributed by atoms with Gasteiger partial charge in [-0.05, 0) is 43.2 Å². The molecule has 2 heterocycles. The first-order chi connectivity index (χ1) is 16.2. The minimum atomic E-state index is -0.438. The van der Waals surface area contributed by atoms with Crippen molar-refractivity contribution in [1.82, 2.24) is 19.6 Å². The topological polar surface area (TPSA) is 108 Å². The molecule has 1 N–H and O–H groups in total. The second kappa shape index (κ2) is 9.66. The van der Waals surface area contributed by atoms with Crippen molar-refractivity contribution in [2.24, 2.45) is 0 Å². The van der Waals surface area contributed by atoms with Gasteiger partial charge in [0.1, 0.15) is 16.4 Å². The summed E-state index contributed by atoms with van der Waals surface area (Å²) in [4.78, 5) is 23.7. The minimum Gasteiger partial charge on any atom is -0.304 e. The van der Waals surface area contributed by atoms with Crippen molar-refractivity contribution >= 4 is 40.6 Å². The molecule has 2 aromatic carbocycles. The monoisotopic (exact) mass is 498 g/mol. The van der Waals surface area contributed by atoms with Gasteiger partial charge >= 0.3 is 5.69 Å². The highest BCUT2D eigenvalue weighted by atomic mass is 35.5. The number of nitro groups is 1. The Hall–Kier alpha value is -3.69. The number of nitrogens with zero attached hydrogens (tertiary/aromatic N) is 5. The largest absolute Gasteiger partial charge is 0.312 e. The quantitative estimate of drug-likeness (QED) is 0.276. The van der Waals surface area contributed by atoms with Crippen LogP contribution < -0.4 is 5.32 Å². The molecule has 0 bridgehead atoms. The van der Waals surface area contributed by atoms with Crippen LogP contribution in [0.3, 0.4) is 0 Å². The molecule has 0 fully saturated rings. The Labute approximate surface area is 205 Å². The van der Waals surface area contributed by atoms with Crippen LogP contribution in [0.1, 0.15) is 32.9 Å². The zero-order valence-electron chi connectivity index (χ0n) is 18.3. The molecule has 174 valence electrons. The Morgan fingerprint density at radius 1 is 1.06 bits per heavy atom. The van der Waals surface area contributed by atoms with Crippen LogP contribution in [0.15, 0.2) is 54.7 Å². The predicted octanol–water partition coefficient (Wildman–Crippen LogP) is 5.26. The number of hydrogen-bond donors (Lipinski definition) is 1. The van der Waals surface area contributed by atoms with Gasteiger partial charge in [0.05, 0.1) is 18.0 Å². The van der Waals surface area contributed by atoms with Crippen molar-refractivity contribution in [3.63, 3.8) is 0 Å². The smallest absolute Gasteiger partial charge is 0.304 e. The third-order valence-electron chi connectivity index (χ3n) is 5.29. The molecule has 0 aliphatic carbocycles. The number of amides is 1. The summed E-state index contributed by atoms with van der Waals surface area (Å²) in [5.74, 6) is -0.149. The summed E-state index contributed by atoms with van der Waals surface area (Å²) in [5, 5.41) is 23.5. The van der Waals surface area contributed by atoms with Crippen molar-refractivity contribution in [1.29, 1.82) is 0 Å². The molecule has 0 saturated carbocycles. The van der Waals surface area contributed by atoms with E-state index in [-0.39, 0.29) is 24.0 Å². The van der Waals surface area contributed by atoms with Crippen LogP contribution in [0.4, 0.5) is 11.5 Å². The van der Waals surface area contributed by atoms with E-state index >= 15 is 0 Å². The molecule has 0 atom stereocenters. The molecule has 0 spiro atoms. The highest BCUT2D eigenvalue weighted by Gasteiger charge is 2.22. The van der Waals surface area contributed by atoms with Crippen molar-refractivity contribution in [2.45, 2.75) is 26.9 Å². The highest BCUT2D eigenvalue weighted by molar-refractivity contribution is 6.33. The number of anilines is 1. The van der Waals surface area contributed by atoms with E-state index in [1.165, 1.54) is 0 Å². The van der Waals surface area contributed by atoms with Gasteiger partial charge in [0.25, 0.3) is 5.91 Å². The molecule has 0 unspecified atom stereocenters. The van der Waals surface area contributed by atoms with E-state index in [1.807, 2.05) is 24.3 Å². The first-order valence-corrected chi connectivity index (χ1v) is 11.0. The van der Waals surface area contributed by atoms with Gasteiger partial charge in [0, 0.05) is 16.8 Å². The SMILES string of the molecule is Cc1nn(Cc2cccc(C(=O)Nc3nn(Cc4ccccc4Cl)cc3Cl)c2)c(C)c1[N+](=O)[O-]. The van der Waals surface area contributed by atoms with Crippen LogP contribution in [0.2, 0.25) is 10.0 Å². The van der Waals surface area contributed by atoms with Gasteiger partial charge in [0.2, 0.25) is 0 Å². The Morgan fingerprint density at radius 3 is 2.53 bits per heavy atom. The van der Waals surface area contributed by atoms with Crippen LogP contribution >= 0.6 is 23.2 Å². The minimum absolute atomic E-state index is 0.00378. The van der Waals surface area contributed by atoms with Crippen LogP contribution in [-0.2, 0) is 13.1 Å². The molecule has 0 saturated heterocycles. The van der Waals surface area contributed by atoms with E-state index < -0.39 is 4.92 Å². The fraction of sp³-hybridized carbons (Fsp3) is 0.174. The molecule has 2 aromatic heterocycles. The van der Waals surface area contributed by atoms with Gasteiger partial charge in [-0.3, -0.25) is 24.3 Å². The summed E-state index contributed by atoms with van der Waals surface area (Å²) in [6, 6.07) is 14.3. The Balaban J connectivity index is 1.49. The fourth-order valence-corrected chi connectivity index (χ4v) is 4.03. The Bertz CT molecular complexity index is 1400. The normalized spacial score (nSPS) is 10.9. The molecule has 9 nitrogen and oxygen atoms in total. The number of aromatic nitrogens is 4. The number of benzene rings is 2. The lowest BCUT2D eigenvalue weighted by molar-refractivity contribution is -0.386. The average molecular weight is 499 g/mol. The maximum Gasteiger partial charge on any atom is 0.312 e. The van der Waals surface area contributed by atoms with Crippen LogP contribution in [-0.4, -0.2) is 30.4 Å². The van der Waals surface area contributed by atoms with Crippen molar-refractivity contribution < 1.29 is 9.72 Å². The van der Waals surface area contributed by atoms with Crippen LogP contribution in [0, 0.1) is 24.0 Å². The van der Waals surface area contributed by atoms with E-state index in [0.29, 0.717) is 33.5 Å². The number of carbonyl (C=O) groups is 1. The van der Waals surface area contributed by atoms with Gasteiger partial charge in [-0.1, -0.05) is 53.5 Å². The summed E-state index contributed by atoms with van der Waals surface area (Å²) >= 11 is 12.5. The molecule has 4 aromatic rings.